The maximum atomic E-state index is 12.2. The van der Waals surface area contributed by atoms with Gasteiger partial charge in [-0.3, -0.25) is 4.79 Å². The number of carbonyl (C=O) groups is 1. The van der Waals surface area contributed by atoms with Crippen molar-refractivity contribution >= 4 is 47.3 Å². The SMILES string of the molecule is CCC[CH2][Sn]([CH2]CCC)[CH2]CCC.O=C(O)Cc1ccc(Oc2ccc(S(=O)(=O)CC3CS3)cc2)cc1. The van der Waals surface area contributed by atoms with E-state index in [0.29, 0.717) is 22.0 Å². The van der Waals surface area contributed by atoms with Crippen LogP contribution >= 0.6 is 11.8 Å². The monoisotopic (exact) mass is 655 g/mol. The van der Waals surface area contributed by atoms with Crippen molar-refractivity contribution in [3.05, 3.63) is 54.1 Å². The van der Waals surface area contributed by atoms with Crippen molar-refractivity contribution in [3.63, 3.8) is 0 Å². The fourth-order valence-corrected chi connectivity index (χ4v) is 16.0. The maximum absolute atomic E-state index is 12.2. The fourth-order valence-electron chi connectivity index (χ4n) is 3.86. The van der Waals surface area contributed by atoms with Crippen molar-refractivity contribution in [2.24, 2.45) is 0 Å². The third kappa shape index (κ3) is 13.4. The van der Waals surface area contributed by atoms with Gasteiger partial charge in [-0.25, -0.2) is 8.42 Å². The Balaban J connectivity index is 0.000000317. The first-order valence-electron chi connectivity index (χ1n) is 13.5. The molecule has 37 heavy (non-hydrogen) atoms. The minimum absolute atomic E-state index is 0.0356. The van der Waals surface area contributed by atoms with Crippen LogP contribution < -0.4 is 4.74 Å². The Labute approximate surface area is 235 Å². The summed E-state index contributed by atoms with van der Waals surface area (Å²) >= 11 is 0.820. The number of benzene rings is 2. The summed E-state index contributed by atoms with van der Waals surface area (Å²) in [5.74, 6) is 1.31. The predicted molar refractivity (Wildman–Crippen MR) is 157 cm³/mol. The molecule has 0 amide bonds. The first-order valence-corrected chi connectivity index (χ1v) is 22.3. The van der Waals surface area contributed by atoms with Crippen molar-refractivity contribution in [2.45, 2.75) is 89.2 Å². The van der Waals surface area contributed by atoms with Gasteiger partial charge in [-0.1, -0.05) is 12.1 Å². The Bertz CT molecular complexity index is 1000. The molecule has 1 fully saturated rings. The predicted octanol–water partition coefficient (Wildman–Crippen LogP) is 7.88. The molecule has 1 aliphatic heterocycles. The van der Waals surface area contributed by atoms with Gasteiger partial charge in [0, 0.05) is 11.0 Å². The van der Waals surface area contributed by atoms with Gasteiger partial charge in [0.1, 0.15) is 11.5 Å². The molecule has 205 valence electrons. The fraction of sp³-hybridized carbons (Fsp3) is 0.552. The molecule has 1 atom stereocenters. The quantitative estimate of drug-likeness (QED) is 0.147. The van der Waals surface area contributed by atoms with Crippen molar-refractivity contribution in [1.29, 1.82) is 0 Å². The zero-order chi connectivity index (χ0) is 27.1. The minimum Gasteiger partial charge on any atom is -0.481 e. The second kappa shape index (κ2) is 17.4. The van der Waals surface area contributed by atoms with E-state index in [1.807, 2.05) is 0 Å². The van der Waals surface area contributed by atoms with Gasteiger partial charge in [0.2, 0.25) is 0 Å². The van der Waals surface area contributed by atoms with Crippen LogP contribution in [0.2, 0.25) is 13.3 Å². The smallest absolute Gasteiger partial charge is 0.307 e. The Hall–Kier alpha value is -1.19. The average Bonchev–Trinajstić information content (AvgIpc) is 3.68. The van der Waals surface area contributed by atoms with Crippen molar-refractivity contribution < 1.29 is 23.1 Å². The molecular weight excluding hydrogens is 611 g/mol. The molecule has 0 saturated carbocycles. The average molecular weight is 655 g/mol. The standard InChI is InChI=1S/C17H16O5S2.3C4H9.Sn/c18-17(19)9-12-1-3-13(4-2-12)22-14-5-7-16(8-6-14)24(20,21)11-15-10-23-15;3*1-3-4-2;/h1-8,15H,9-11H2,(H,18,19);3*1,3-4H2,2H3;. The van der Waals surface area contributed by atoms with E-state index in [0.717, 1.165) is 5.75 Å². The molecule has 1 radical (unpaired) electrons. The summed E-state index contributed by atoms with van der Waals surface area (Å²) in [5.41, 5.74) is 0.689. The molecule has 5 nitrogen and oxygen atoms in total. The molecule has 1 unspecified atom stereocenters. The Morgan fingerprint density at radius 1 is 0.892 bits per heavy atom. The van der Waals surface area contributed by atoms with E-state index < -0.39 is 35.6 Å². The van der Waals surface area contributed by atoms with Crippen LogP contribution in [0.1, 0.15) is 64.9 Å². The van der Waals surface area contributed by atoms with E-state index in [1.165, 1.54) is 38.5 Å². The van der Waals surface area contributed by atoms with Crippen LogP contribution in [0.15, 0.2) is 53.4 Å². The number of rotatable bonds is 16. The number of aliphatic carboxylic acids is 1. The molecule has 1 aliphatic rings. The number of thioether (sulfide) groups is 1. The first kappa shape index (κ1) is 32.0. The number of hydrogen-bond acceptors (Lipinski definition) is 5. The molecule has 2 aromatic carbocycles. The molecule has 0 spiro atoms. The van der Waals surface area contributed by atoms with Crippen LogP contribution in [0, 0.1) is 0 Å². The summed E-state index contributed by atoms with van der Waals surface area (Å²) in [4.78, 5) is 11.0. The van der Waals surface area contributed by atoms with Crippen LogP contribution in [0.25, 0.3) is 0 Å². The largest absolute Gasteiger partial charge is 0.481 e. The van der Waals surface area contributed by atoms with Crippen molar-refractivity contribution in [2.75, 3.05) is 11.5 Å². The third-order valence-electron chi connectivity index (χ3n) is 6.16. The Morgan fingerprint density at radius 3 is 1.76 bits per heavy atom. The van der Waals surface area contributed by atoms with E-state index in [4.69, 9.17) is 9.84 Å². The van der Waals surface area contributed by atoms with Crippen LogP contribution in [0.4, 0.5) is 0 Å². The zero-order valence-electron chi connectivity index (χ0n) is 22.6. The normalized spacial score (nSPS) is 14.6. The molecule has 0 aliphatic carbocycles. The van der Waals surface area contributed by atoms with Gasteiger partial charge >= 0.3 is 98.3 Å². The molecule has 0 aromatic heterocycles. The van der Waals surface area contributed by atoms with E-state index in [2.05, 4.69) is 20.8 Å². The molecule has 0 bridgehead atoms. The Morgan fingerprint density at radius 2 is 1.35 bits per heavy atom. The summed E-state index contributed by atoms with van der Waals surface area (Å²) in [5, 5.41) is 8.97. The van der Waals surface area contributed by atoms with E-state index in [9.17, 15) is 13.2 Å². The van der Waals surface area contributed by atoms with E-state index >= 15 is 0 Å². The second-order valence-electron chi connectivity index (χ2n) is 9.59. The second-order valence-corrected chi connectivity index (χ2v) is 21.5. The van der Waals surface area contributed by atoms with Gasteiger partial charge in [0.25, 0.3) is 0 Å². The topological polar surface area (TPSA) is 80.7 Å². The summed E-state index contributed by atoms with van der Waals surface area (Å²) in [7, 11) is -3.24. The number of hydrogen-bond donors (Lipinski definition) is 1. The van der Waals surface area contributed by atoms with Crippen LogP contribution in [-0.2, 0) is 21.1 Å². The summed E-state index contributed by atoms with van der Waals surface area (Å²) in [6, 6.07) is 13.1. The number of sulfone groups is 1. The molecule has 1 saturated heterocycles. The van der Waals surface area contributed by atoms with Gasteiger partial charge < -0.3 is 9.84 Å². The van der Waals surface area contributed by atoms with Gasteiger partial charge in [0.15, 0.2) is 9.84 Å². The number of unbranched alkanes of at least 4 members (excludes halogenated alkanes) is 3. The van der Waals surface area contributed by atoms with Crippen molar-refractivity contribution in [3.8, 4) is 11.5 Å². The minimum atomic E-state index is -3.24. The summed E-state index contributed by atoms with van der Waals surface area (Å²) < 4.78 is 35.0. The van der Waals surface area contributed by atoms with Crippen LogP contribution in [-0.4, -0.2) is 56.0 Å². The van der Waals surface area contributed by atoms with Gasteiger partial charge in [-0.2, -0.15) is 11.8 Å². The van der Waals surface area contributed by atoms with Gasteiger partial charge in [-0.15, -0.1) is 0 Å². The molecule has 1 N–H and O–H groups in total. The van der Waals surface area contributed by atoms with Crippen LogP contribution in [0.5, 0.6) is 11.5 Å². The Kier molecular flexibility index (Phi) is 15.1. The molecule has 1 heterocycles. The first-order chi connectivity index (χ1) is 17.8. The maximum Gasteiger partial charge on any atom is 0.307 e. The summed E-state index contributed by atoms with van der Waals surface area (Å²) in [6.45, 7) is 7.00. The van der Waals surface area contributed by atoms with E-state index in [-0.39, 0.29) is 17.4 Å². The zero-order valence-corrected chi connectivity index (χ0v) is 27.1. The van der Waals surface area contributed by atoms with Gasteiger partial charge in [-0.05, 0) is 42.0 Å². The van der Waals surface area contributed by atoms with Crippen molar-refractivity contribution in [1.82, 2.24) is 0 Å². The van der Waals surface area contributed by atoms with Gasteiger partial charge in [0.05, 0.1) is 17.1 Å². The number of carboxylic acid groups (broad SMARTS) is 1. The number of carboxylic acids is 1. The molecule has 8 heteroatoms. The van der Waals surface area contributed by atoms with E-state index in [1.54, 1.807) is 73.6 Å². The third-order valence-corrected chi connectivity index (χ3v) is 18.3. The molecule has 2 aromatic rings. The van der Waals surface area contributed by atoms with Crippen LogP contribution in [0.3, 0.4) is 0 Å². The molecule has 3 rings (SSSR count). The molecular formula is C29H43O5S2Sn. The summed E-state index contributed by atoms with van der Waals surface area (Å²) in [6.07, 6.45) is 8.81. The number of ether oxygens (including phenoxy) is 1.